The first-order valence-corrected chi connectivity index (χ1v) is 7.49. The lowest BCUT2D eigenvalue weighted by Crippen LogP contribution is -2.37. The van der Waals surface area contributed by atoms with Crippen molar-refractivity contribution in [3.8, 4) is 5.75 Å². The lowest BCUT2D eigenvalue weighted by Gasteiger charge is -2.27. The largest absolute Gasteiger partial charge is 0.534 e. The maximum absolute atomic E-state index is 12.2. The topological polar surface area (TPSA) is 63.7 Å². The monoisotopic (exact) mass is 323 g/mol. The van der Waals surface area contributed by atoms with Crippen LogP contribution in [0.5, 0.6) is 5.75 Å². The summed E-state index contributed by atoms with van der Waals surface area (Å²) in [7, 11) is -5.70. The van der Waals surface area contributed by atoms with Crippen LogP contribution in [0.25, 0.3) is 0 Å². The van der Waals surface area contributed by atoms with Crippen molar-refractivity contribution in [2.45, 2.75) is 18.9 Å². The van der Waals surface area contributed by atoms with E-state index in [9.17, 15) is 26.4 Å². The molecular weight excluding hydrogens is 311 g/mol. The average molecular weight is 323 g/mol. The molecule has 0 bridgehead atoms. The first kappa shape index (κ1) is 15.6. The third-order valence-corrected chi connectivity index (χ3v) is 4.10. The number of alkyl halides is 3. The van der Waals surface area contributed by atoms with Gasteiger partial charge in [0.15, 0.2) is 0 Å². The molecule has 1 aromatic carbocycles. The average Bonchev–Trinajstić information content (AvgIpc) is 2.37. The molecule has 9 heteroatoms. The number of hydrogen-bond acceptors (Lipinski definition) is 4. The summed E-state index contributed by atoms with van der Waals surface area (Å²) in [6.07, 6.45) is 0.429. The molecule has 0 fully saturated rings. The molecule has 0 unspecified atom stereocenters. The smallest absolute Gasteiger partial charge is 0.376 e. The highest BCUT2D eigenvalue weighted by molar-refractivity contribution is 7.88. The molecule has 1 aromatic rings. The lowest BCUT2D eigenvalue weighted by atomic mass is 9.99. The molecule has 0 saturated carbocycles. The van der Waals surface area contributed by atoms with E-state index in [2.05, 4.69) is 4.18 Å². The Morgan fingerprint density at radius 2 is 2.00 bits per heavy atom. The molecule has 1 aliphatic heterocycles. The summed E-state index contributed by atoms with van der Waals surface area (Å²) < 4.78 is 62.6. The Bertz CT molecular complexity index is 670. The van der Waals surface area contributed by atoms with Crippen molar-refractivity contribution >= 4 is 16.0 Å². The van der Waals surface area contributed by atoms with E-state index in [4.69, 9.17) is 0 Å². The van der Waals surface area contributed by atoms with Gasteiger partial charge in [0.1, 0.15) is 5.75 Å². The van der Waals surface area contributed by atoms with Crippen LogP contribution in [0.3, 0.4) is 0 Å². The van der Waals surface area contributed by atoms with Gasteiger partial charge in [0.05, 0.1) is 0 Å². The van der Waals surface area contributed by atoms with Gasteiger partial charge in [-0.2, -0.15) is 21.6 Å². The Hall–Kier alpha value is -1.77. The fourth-order valence-corrected chi connectivity index (χ4v) is 2.49. The lowest BCUT2D eigenvalue weighted by molar-refractivity contribution is -0.0500. The van der Waals surface area contributed by atoms with Crippen LogP contribution >= 0.6 is 0 Å². The van der Waals surface area contributed by atoms with Crippen LogP contribution in [-0.2, 0) is 16.5 Å². The fraction of sp³-hybridized carbons (Fsp3) is 0.417. The van der Waals surface area contributed by atoms with E-state index in [1.54, 1.807) is 4.90 Å². The molecule has 0 N–H and O–H groups in total. The predicted molar refractivity (Wildman–Crippen MR) is 67.3 cm³/mol. The third-order valence-electron chi connectivity index (χ3n) is 3.12. The zero-order valence-corrected chi connectivity index (χ0v) is 11.8. The molecule has 0 atom stereocenters. The normalized spacial score (nSPS) is 15.8. The number of carbonyl (C=O) groups excluding carboxylic acids is 1. The second-order valence-electron chi connectivity index (χ2n) is 4.44. The molecule has 5 nitrogen and oxygen atoms in total. The van der Waals surface area contributed by atoms with Crippen molar-refractivity contribution in [3.05, 3.63) is 29.3 Å². The van der Waals surface area contributed by atoms with Gasteiger partial charge in [-0.25, -0.2) is 0 Å². The number of fused-ring (bicyclic) bond motifs is 1. The molecule has 0 radical (unpaired) electrons. The molecule has 116 valence electrons. The molecule has 1 heterocycles. The maximum Gasteiger partial charge on any atom is 0.534 e. The van der Waals surface area contributed by atoms with Gasteiger partial charge in [-0.3, -0.25) is 4.79 Å². The first-order chi connectivity index (χ1) is 9.65. The standard InChI is InChI=1S/C12H12F3NO4S/c1-2-16-6-5-8-7-9(3-4-10(8)11(16)17)20-21(18,19)12(13,14)15/h3-4,7H,2,5-6H2,1H3. The van der Waals surface area contributed by atoms with Crippen molar-refractivity contribution in [2.75, 3.05) is 13.1 Å². The number of rotatable bonds is 3. The molecule has 0 saturated heterocycles. The summed E-state index contributed by atoms with van der Waals surface area (Å²) in [5.74, 6) is -0.687. The molecule has 2 rings (SSSR count). The van der Waals surface area contributed by atoms with Gasteiger partial charge in [0.25, 0.3) is 5.91 Å². The highest BCUT2D eigenvalue weighted by Crippen LogP contribution is 2.29. The van der Waals surface area contributed by atoms with Crippen LogP contribution in [0, 0.1) is 0 Å². The van der Waals surface area contributed by atoms with Gasteiger partial charge in [-0.15, -0.1) is 0 Å². The Kier molecular flexibility index (Phi) is 3.87. The number of likely N-dealkylation sites (N-methyl/N-ethyl adjacent to an activating group) is 1. The molecule has 0 aliphatic carbocycles. The quantitative estimate of drug-likeness (QED) is 0.630. The summed E-state index contributed by atoms with van der Waals surface area (Å²) in [6, 6.07) is 3.48. The summed E-state index contributed by atoms with van der Waals surface area (Å²) in [5.41, 5.74) is -4.67. The van der Waals surface area contributed by atoms with Gasteiger partial charge in [-0.1, -0.05) is 0 Å². The van der Waals surface area contributed by atoms with Gasteiger partial charge < -0.3 is 9.08 Å². The third kappa shape index (κ3) is 2.97. The highest BCUT2D eigenvalue weighted by atomic mass is 32.2. The summed E-state index contributed by atoms with van der Waals surface area (Å²) >= 11 is 0. The van der Waals surface area contributed by atoms with Crippen LogP contribution in [0.1, 0.15) is 22.8 Å². The Morgan fingerprint density at radius 3 is 2.57 bits per heavy atom. The Labute approximate surface area is 119 Å². The minimum Gasteiger partial charge on any atom is -0.376 e. The minimum absolute atomic E-state index is 0.232. The van der Waals surface area contributed by atoms with E-state index in [1.807, 2.05) is 6.92 Å². The Morgan fingerprint density at radius 1 is 1.33 bits per heavy atom. The van der Waals surface area contributed by atoms with Gasteiger partial charge >= 0.3 is 15.6 Å². The van der Waals surface area contributed by atoms with E-state index in [-0.39, 0.29) is 5.91 Å². The van der Waals surface area contributed by atoms with Crippen molar-refractivity contribution in [1.29, 1.82) is 0 Å². The summed E-state index contributed by atoms with van der Waals surface area (Å²) in [5, 5.41) is 0. The first-order valence-electron chi connectivity index (χ1n) is 6.08. The highest BCUT2D eigenvalue weighted by Gasteiger charge is 2.48. The molecule has 1 amide bonds. The van der Waals surface area contributed by atoms with Crippen LogP contribution in [-0.4, -0.2) is 37.8 Å². The summed E-state index contributed by atoms with van der Waals surface area (Å²) in [6.45, 7) is 2.77. The van der Waals surface area contributed by atoms with E-state index in [0.717, 1.165) is 12.1 Å². The second kappa shape index (κ2) is 5.21. The second-order valence-corrected chi connectivity index (χ2v) is 5.97. The van der Waals surface area contributed by atoms with Crippen LogP contribution < -0.4 is 4.18 Å². The number of hydrogen-bond donors (Lipinski definition) is 0. The van der Waals surface area contributed by atoms with Gasteiger partial charge in [-0.05, 0) is 37.1 Å². The van der Waals surface area contributed by atoms with E-state index < -0.39 is 21.4 Å². The number of halogens is 3. The molecule has 0 spiro atoms. The Balaban J connectivity index is 2.30. The van der Waals surface area contributed by atoms with Crippen molar-refractivity contribution in [2.24, 2.45) is 0 Å². The number of nitrogens with zero attached hydrogens (tertiary/aromatic N) is 1. The van der Waals surface area contributed by atoms with Crippen LogP contribution in [0.2, 0.25) is 0 Å². The van der Waals surface area contributed by atoms with Gasteiger partial charge in [0.2, 0.25) is 0 Å². The zero-order valence-electron chi connectivity index (χ0n) is 11.0. The summed E-state index contributed by atoms with van der Waals surface area (Å²) in [4.78, 5) is 13.6. The van der Waals surface area contributed by atoms with E-state index >= 15 is 0 Å². The fourth-order valence-electron chi connectivity index (χ4n) is 2.04. The molecule has 1 aliphatic rings. The molecular formula is C12H12F3NO4S. The van der Waals surface area contributed by atoms with Crippen LogP contribution in [0.4, 0.5) is 13.2 Å². The van der Waals surface area contributed by atoms with Gasteiger partial charge in [0, 0.05) is 18.7 Å². The van der Waals surface area contributed by atoms with Crippen molar-refractivity contribution < 1.29 is 30.6 Å². The predicted octanol–water partition coefficient (Wildman–Crippen LogP) is 1.93. The molecule has 21 heavy (non-hydrogen) atoms. The number of benzene rings is 1. The van der Waals surface area contributed by atoms with E-state index in [1.165, 1.54) is 6.07 Å². The maximum atomic E-state index is 12.2. The van der Waals surface area contributed by atoms with Crippen LogP contribution in [0.15, 0.2) is 18.2 Å². The number of amides is 1. The van der Waals surface area contributed by atoms with Crippen molar-refractivity contribution in [3.63, 3.8) is 0 Å². The van der Waals surface area contributed by atoms with E-state index in [0.29, 0.717) is 30.6 Å². The minimum atomic E-state index is -5.70. The number of carbonyl (C=O) groups is 1. The molecule has 0 aromatic heterocycles. The zero-order chi connectivity index (χ0) is 15.8. The van der Waals surface area contributed by atoms with Crippen molar-refractivity contribution in [1.82, 2.24) is 4.90 Å². The SMILES string of the molecule is CCN1CCc2cc(OS(=O)(=O)C(F)(F)F)ccc2C1=O.